The minimum absolute atomic E-state index is 0.494. The van der Waals surface area contributed by atoms with Gasteiger partial charge in [-0.1, -0.05) is 12.1 Å². The highest BCUT2D eigenvalue weighted by molar-refractivity contribution is 5.85. The van der Waals surface area contributed by atoms with Crippen LogP contribution in [-0.4, -0.2) is 35.9 Å². The fourth-order valence-electron chi connectivity index (χ4n) is 2.62. The number of carbonyl (C=O) groups excluding carboxylic acids is 1. The standard InChI is InChI=1S/C21H23N3O4/c1-21(2,3)28-20(25)23-14-8-6-13(7-9-14)17-12-22-15-10-18(26-4)19(27-5)11-16(15)24-17/h6-12H,1-5H3,(H,23,25). The van der Waals surface area contributed by atoms with Gasteiger partial charge in [-0.3, -0.25) is 10.3 Å². The molecule has 146 valence electrons. The first-order valence-electron chi connectivity index (χ1n) is 8.78. The lowest BCUT2D eigenvalue weighted by Crippen LogP contribution is -2.27. The van der Waals surface area contributed by atoms with Crippen LogP contribution in [0.1, 0.15) is 20.8 Å². The number of ether oxygens (including phenoxy) is 3. The summed E-state index contributed by atoms with van der Waals surface area (Å²) in [6, 6.07) is 10.9. The molecule has 7 heteroatoms. The number of amides is 1. The Morgan fingerprint density at radius 2 is 1.57 bits per heavy atom. The molecule has 0 bridgehead atoms. The predicted octanol–water partition coefficient (Wildman–Crippen LogP) is 4.66. The monoisotopic (exact) mass is 381 g/mol. The number of fused-ring (bicyclic) bond motifs is 1. The lowest BCUT2D eigenvalue weighted by atomic mass is 10.1. The Kier molecular flexibility index (Phi) is 5.35. The molecule has 1 aromatic heterocycles. The quantitative estimate of drug-likeness (QED) is 0.708. The molecule has 7 nitrogen and oxygen atoms in total. The first-order chi connectivity index (χ1) is 13.3. The van der Waals surface area contributed by atoms with Crippen molar-refractivity contribution in [2.75, 3.05) is 19.5 Å². The van der Waals surface area contributed by atoms with Crippen LogP contribution in [0.25, 0.3) is 22.3 Å². The van der Waals surface area contributed by atoms with E-state index in [1.54, 1.807) is 44.7 Å². The summed E-state index contributed by atoms with van der Waals surface area (Å²) in [4.78, 5) is 21.0. The van der Waals surface area contributed by atoms with Gasteiger partial charge in [-0.25, -0.2) is 9.78 Å². The molecule has 0 atom stereocenters. The van der Waals surface area contributed by atoms with Crippen molar-refractivity contribution in [3.8, 4) is 22.8 Å². The molecule has 3 rings (SSSR count). The molecule has 1 N–H and O–H groups in total. The van der Waals surface area contributed by atoms with Gasteiger partial charge < -0.3 is 14.2 Å². The molecule has 0 saturated carbocycles. The van der Waals surface area contributed by atoms with E-state index in [1.165, 1.54) is 0 Å². The number of aromatic nitrogens is 2. The summed E-state index contributed by atoms with van der Waals surface area (Å²) in [6.07, 6.45) is 1.21. The smallest absolute Gasteiger partial charge is 0.412 e. The number of rotatable bonds is 4. The molecule has 0 radical (unpaired) electrons. The lowest BCUT2D eigenvalue weighted by Gasteiger charge is -2.19. The molecule has 0 aliphatic rings. The summed E-state index contributed by atoms with van der Waals surface area (Å²) in [5.41, 5.74) is 3.09. The molecule has 28 heavy (non-hydrogen) atoms. The number of methoxy groups -OCH3 is 2. The Morgan fingerprint density at radius 3 is 2.14 bits per heavy atom. The van der Waals surface area contributed by atoms with E-state index >= 15 is 0 Å². The molecule has 0 fully saturated rings. The number of anilines is 1. The Hall–Kier alpha value is -3.35. The molecule has 0 saturated heterocycles. The molecule has 1 heterocycles. The van der Waals surface area contributed by atoms with Gasteiger partial charge >= 0.3 is 6.09 Å². The summed E-state index contributed by atoms with van der Waals surface area (Å²) in [7, 11) is 3.16. The van der Waals surface area contributed by atoms with Crippen LogP contribution in [0.15, 0.2) is 42.6 Å². The van der Waals surface area contributed by atoms with Crippen LogP contribution in [-0.2, 0) is 4.74 Å². The molecule has 2 aromatic carbocycles. The van der Waals surface area contributed by atoms with Crippen molar-refractivity contribution in [1.29, 1.82) is 0 Å². The van der Waals surface area contributed by atoms with Crippen molar-refractivity contribution in [3.05, 3.63) is 42.6 Å². The van der Waals surface area contributed by atoms with E-state index in [-0.39, 0.29) is 0 Å². The average molecular weight is 381 g/mol. The molecule has 0 aliphatic heterocycles. The van der Waals surface area contributed by atoms with Crippen molar-refractivity contribution < 1.29 is 19.0 Å². The molecule has 0 spiro atoms. The minimum atomic E-state index is -0.547. The van der Waals surface area contributed by atoms with Crippen LogP contribution in [0, 0.1) is 0 Å². The van der Waals surface area contributed by atoms with Crippen LogP contribution < -0.4 is 14.8 Å². The summed E-state index contributed by atoms with van der Waals surface area (Å²) < 4.78 is 15.9. The number of hydrogen-bond acceptors (Lipinski definition) is 6. The van der Waals surface area contributed by atoms with E-state index < -0.39 is 11.7 Å². The third kappa shape index (κ3) is 4.49. The molecular weight excluding hydrogens is 358 g/mol. The SMILES string of the molecule is COc1cc2ncc(-c3ccc(NC(=O)OC(C)(C)C)cc3)nc2cc1OC. The van der Waals surface area contributed by atoms with Gasteiger partial charge in [0.1, 0.15) is 5.60 Å². The van der Waals surface area contributed by atoms with Crippen molar-refractivity contribution in [1.82, 2.24) is 9.97 Å². The van der Waals surface area contributed by atoms with Crippen molar-refractivity contribution in [3.63, 3.8) is 0 Å². The van der Waals surface area contributed by atoms with Crippen molar-refractivity contribution in [2.24, 2.45) is 0 Å². The van der Waals surface area contributed by atoms with Crippen LogP contribution in [0.2, 0.25) is 0 Å². The van der Waals surface area contributed by atoms with Gasteiger partial charge in [0.05, 0.1) is 37.1 Å². The Morgan fingerprint density at radius 1 is 0.964 bits per heavy atom. The minimum Gasteiger partial charge on any atom is -0.493 e. The van der Waals surface area contributed by atoms with E-state index in [2.05, 4.69) is 15.3 Å². The average Bonchev–Trinajstić information content (AvgIpc) is 2.65. The van der Waals surface area contributed by atoms with Gasteiger partial charge in [-0.15, -0.1) is 0 Å². The van der Waals surface area contributed by atoms with Crippen molar-refractivity contribution in [2.45, 2.75) is 26.4 Å². The fourth-order valence-corrected chi connectivity index (χ4v) is 2.62. The Balaban J connectivity index is 1.83. The van der Waals surface area contributed by atoms with E-state index in [0.717, 1.165) is 5.56 Å². The third-order valence-corrected chi connectivity index (χ3v) is 3.87. The fraction of sp³-hybridized carbons (Fsp3) is 0.286. The molecule has 0 aliphatic carbocycles. The maximum absolute atomic E-state index is 11.9. The topological polar surface area (TPSA) is 82.6 Å². The van der Waals surface area contributed by atoms with Crippen LogP contribution >= 0.6 is 0 Å². The summed E-state index contributed by atoms with van der Waals surface area (Å²) in [5.74, 6) is 1.20. The maximum Gasteiger partial charge on any atom is 0.412 e. The Labute approximate surface area is 163 Å². The number of nitrogens with zero attached hydrogens (tertiary/aromatic N) is 2. The lowest BCUT2D eigenvalue weighted by molar-refractivity contribution is 0.0636. The Bertz CT molecular complexity index is 995. The summed E-state index contributed by atoms with van der Waals surface area (Å²) in [5, 5.41) is 2.71. The van der Waals surface area contributed by atoms with Crippen LogP contribution in [0.3, 0.4) is 0 Å². The number of benzene rings is 2. The number of nitrogens with one attached hydrogen (secondary N) is 1. The highest BCUT2D eigenvalue weighted by atomic mass is 16.6. The van der Waals surface area contributed by atoms with Gasteiger partial charge in [-0.2, -0.15) is 0 Å². The first-order valence-corrected chi connectivity index (χ1v) is 8.78. The number of hydrogen-bond donors (Lipinski definition) is 1. The van der Waals surface area contributed by atoms with Gasteiger partial charge in [0.2, 0.25) is 0 Å². The van der Waals surface area contributed by atoms with E-state index in [1.807, 2.05) is 32.9 Å². The van der Waals surface area contributed by atoms with Crippen LogP contribution in [0.4, 0.5) is 10.5 Å². The molecule has 0 unspecified atom stereocenters. The van der Waals surface area contributed by atoms with E-state index in [9.17, 15) is 4.79 Å². The first kappa shape index (κ1) is 19.4. The van der Waals surface area contributed by atoms with E-state index in [0.29, 0.717) is 33.9 Å². The zero-order valence-corrected chi connectivity index (χ0v) is 16.6. The molecule has 3 aromatic rings. The highest BCUT2D eigenvalue weighted by Crippen LogP contribution is 2.31. The highest BCUT2D eigenvalue weighted by Gasteiger charge is 2.16. The molecule has 1 amide bonds. The largest absolute Gasteiger partial charge is 0.493 e. The second-order valence-corrected chi connectivity index (χ2v) is 7.16. The summed E-state index contributed by atoms with van der Waals surface area (Å²) in [6.45, 7) is 5.45. The van der Waals surface area contributed by atoms with Gasteiger partial charge in [-0.05, 0) is 32.9 Å². The van der Waals surface area contributed by atoms with Gasteiger partial charge in [0.25, 0.3) is 0 Å². The summed E-state index contributed by atoms with van der Waals surface area (Å²) >= 11 is 0. The zero-order chi connectivity index (χ0) is 20.3. The zero-order valence-electron chi connectivity index (χ0n) is 16.6. The normalized spacial score (nSPS) is 11.2. The second kappa shape index (κ2) is 7.72. The maximum atomic E-state index is 11.9. The third-order valence-electron chi connectivity index (χ3n) is 3.87. The second-order valence-electron chi connectivity index (χ2n) is 7.16. The van der Waals surface area contributed by atoms with Gasteiger partial charge in [0.15, 0.2) is 11.5 Å². The van der Waals surface area contributed by atoms with Crippen LogP contribution in [0.5, 0.6) is 11.5 Å². The van der Waals surface area contributed by atoms with E-state index in [4.69, 9.17) is 14.2 Å². The predicted molar refractivity (Wildman–Crippen MR) is 108 cm³/mol. The van der Waals surface area contributed by atoms with Crippen molar-refractivity contribution >= 4 is 22.8 Å². The molecular formula is C21H23N3O4. The number of carbonyl (C=O) groups is 1. The van der Waals surface area contributed by atoms with Gasteiger partial charge in [0, 0.05) is 23.4 Å².